The smallest absolute Gasteiger partial charge is 0.0532 e. The average molecular weight is 249 g/mol. The van der Waals surface area contributed by atoms with Crippen LogP contribution >= 0.6 is 0 Å². The highest BCUT2D eigenvalue weighted by molar-refractivity contribution is 5.84. The SMILES string of the molecule is Cc1cncc(NCc2cncc3ccccc23)c1. The lowest BCUT2D eigenvalue weighted by molar-refractivity contribution is 1.12. The summed E-state index contributed by atoms with van der Waals surface area (Å²) in [5, 5.41) is 5.80. The molecule has 0 radical (unpaired) electrons. The summed E-state index contributed by atoms with van der Waals surface area (Å²) in [6.45, 7) is 2.79. The van der Waals surface area contributed by atoms with E-state index in [0.717, 1.165) is 17.8 Å². The van der Waals surface area contributed by atoms with E-state index < -0.39 is 0 Å². The van der Waals surface area contributed by atoms with Crippen LogP contribution in [0.2, 0.25) is 0 Å². The number of fused-ring (bicyclic) bond motifs is 1. The molecule has 0 fully saturated rings. The quantitative estimate of drug-likeness (QED) is 0.771. The molecule has 2 aromatic heterocycles. The fraction of sp³-hybridized carbons (Fsp3) is 0.125. The molecule has 2 heterocycles. The first-order valence-electron chi connectivity index (χ1n) is 6.30. The lowest BCUT2D eigenvalue weighted by Crippen LogP contribution is -2.01. The van der Waals surface area contributed by atoms with Crippen molar-refractivity contribution in [2.24, 2.45) is 0 Å². The second-order valence-corrected chi connectivity index (χ2v) is 4.62. The van der Waals surface area contributed by atoms with Gasteiger partial charge in [-0.3, -0.25) is 9.97 Å². The van der Waals surface area contributed by atoms with Crippen molar-refractivity contribution >= 4 is 16.5 Å². The Labute approximate surface area is 112 Å². The topological polar surface area (TPSA) is 37.8 Å². The van der Waals surface area contributed by atoms with Crippen molar-refractivity contribution in [3.63, 3.8) is 0 Å². The molecule has 1 N–H and O–H groups in total. The van der Waals surface area contributed by atoms with E-state index in [1.807, 2.05) is 37.8 Å². The maximum atomic E-state index is 4.29. The highest BCUT2D eigenvalue weighted by Crippen LogP contribution is 2.18. The van der Waals surface area contributed by atoms with Crippen molar-refractivity contribution in [2.45, 2.75) is 13.5 Å². The molecule has 1 aromatic carbocycles. The molecule has 0 aliphatic heterocycles. The summed E-state index contributed by atoms with van der Waals surface area (Å²) < 4.78 is 0. The van der Waals surface area contributed by atoms with Crippen molar-refractivity contribution in [2.75, 3.05) is 5.32 Å². The highest BCUT2D eigenvalue weighted by Gasteiger charge is 2.01. The van der Waals surface area contributed by atoms with E-state index in [1.54, 1.807) is 0 Å². The molecule has 3 rings (SSSR count). The van der Waals surface area contributed by atoms with E-state index in [4.69, 9.17) is 0 Å². The van der Waals surface area contributed by atoms with Crippen LogP contribution in [0, 0.1) is 6.92 Å². The molecule has 0 unspecified atom stereocenters. The van der Waals surface area contributed by atoms with Gasteiger partial charge in [0.25, 0.3) is 0 Å². The maximum absolute atomic E-state index is 4.29. The molecule has 0 aliphatic carbocycles. The van der Waals surface area contributed by atoms with E-state index in [9.17, 15) is 0 Å². The normalized spacial score (nSPS) is 10.6. The predicted octanol–water partition coefficient (Wildman–Crippen LogP) is 3.55. The Morgan fingerprint density at radius 3 is 2.74 bits per heavy atom. The lowest BCUT2D eigenvalue weighted by Gasteiger charge is -2.09. The van der Waals surface area contributed by atoms with Crippen molar-refractivity contribution in [1.82, 2.24) is 9.97 Å². The van der Waals surface area contributed by atoms with Gasteiger partial charge in [-0.15, -0.1) is 0 Å². The van der Waals surface area contributed by atoms with Gasteiger partial charge in [0.05, 0.1) is 5.69 Å². The van der Waals surface area contributed by atoms with E-state index in [1.165, 1.54) is 16.3 Å². The third kappa shape index (κ3) is 2.55. The largest absolute Gasteiger partial charge is 0.380 e. The van der Waals surface area contributed by atoms with Gasteiger partial charge in [-0.05, 0) is 29.5 Å². The first kappa shape index (κ1) is 11.7. The molecule has 0 bridgehead atoms. The van der Waals surface area contributed by atoms with E-state index in [2.05, 4.69) is 39.6 Å². The molecule has 0 saturated carbocycles. The second kappa shape index (κ2) is 5.06. The second-order valence-electron chi connectivity index (χ2n) is 4.62. The van der Waals surface area contributed by atoms with Crippen LogP contribution in [-0.4, -0.2) is 9.97 Å². The summed E-state index contributed by atoms with van der Waals surface area (Å²) in [5.74, 6) is 0. The zero-order chi connectivity index (χ0) is 13.1. The van der Waals surface area contributed by atoms with Crippen molar-refractivity contribution in [3.8, 4) is 0 Å². The molecule has 0 saturated heterocycles. The van der Waals surface area contributed by atoms with Crippen LogP contribution in [0.1, 0.15) is 11.1 Å². The number of anilines is 1. The minimum absolute atomic E-state index is 0.749. The van der Waals surface area contributed by atoms with Gasteiger partial charge in [-0.1, -0.05) is 24.3 Å². The van der Waals surface area contributed by atoms with Gasteiger partial charge >= 0.3 is 0 Å². The van der Waals surface area contributed by atoms with Crippen LogP contribution in [0.15, 0.2) is 55.1 Å². The van der Waals surface area contributed by atoms with Gasteiger partial charge in [0, 0.05) is 36.7 Å². The van der Waals surface area contributed by atoms with E-state index in [-0.39, 0.29) is 0 Å². The number of rotatable bonds is 3. The molecule has 94 valence electrons. The Balaban J connectivity index is 1.86. The molecule has 19 heavy (non-hydrogen) atoms. The fourth-order valence-corrected chi connectivity index (χ4v) is 2.17. The summed E-state index contributed by atoms with van der Waals surface area (Å²) in [6.07, 6.45) is 7.50. The Morgan fingerprint density at radius 2 is 1.84 bits per heavy atom. The van der Waals surface area contributed by atoms with Crippen LogP contribution in [-0.2, 0) is 6.54 Å². The van der Waals surface area contributed by atoms with Gasteiger partial charge in [-0.25, -0.2) is 0 Å². The van der Waals surface area contributed by atoms with Crippen LogP contribution < -0.4 is 5.32 Å². The van der Waals surface area contributed by atoms with Gasteiger partial charge in [0.1, 0.15) is 0 Å². The molecule has 0 aliphatic rings. The molecular weight excluding hydrogens is 234 g/mol. The summed E-state index contributed by atoms with van der Waals surface area (Å²) >= 11 is 0. The van der Waals surface area contributed by atoms with Gasteiger partial charge in [-0.2, -0.15) is 0 Å². The van der Waals surface area contributed by atoms with Gasteiger partial charge < -0.3 is 5.32 Å². The van der Waals surface area contributed by atoms with Crippen molar-refractivity contribution < 1.29 is 0 Å². The Hall–Kier alpha value is -2.42. The fourth-order valence-electron chi connectivity index (χ4n) is 2.17. The summed E-state index contributed by atoms with van der Waals surface area (Å²) in [7, 11) is 0. The number of aryl methyl sites for hydroxylation is 1. The minimum Gasteiger partial charge on any atom is -0.380 e. The molecular formula is C16H15N3. The van der Waals surface area contributed by atoms with Gasteiger partial charge in [0.2, 0.25) is 0 Å². The molecule has 0 spiro atoms. The Bertz CT molecular complexity index is 702. The highest BCUT2D eigenvalue weighted by atomic mass is 14.9. The first-order valence-corrected chi connectivity index (χ1v) is 6.30. The molecule has 3 nitrogen and oxygen atoms in total. The van der Waals surface area contributed by atoms with Crippen molar-refractivity contribution in [3.05, 3.63) is 66.2 Å². The zero-order valence-corrected chi connectivity index (χ0v) is 10.8. The number of nitrogens with zero attached hydrogens (tertiary/aromatic N) is 2. The zero-order valence-electron chi connectivity index (χ0n) is 10.8. The standard InChI is InChI=1S/C16H15N3/c1-12-6-15(11-17-7-12)19-10-14-9-18-8-13-4-2-3-5-16(13)14/h2-9,11,19H,10H2,1H3. The third-order valence-electron chi connectivity index (χ3n) is 3.11. The van der Waals surface area contributed by atoms with Crippen LogP contribution in [0.5, 0.6) is 0 Å². The number of aromatic nitrogens is 2. The third-order valence-corrected chi connectivity index (χ3v) is 3.11. The number of nitrogens with one attached hydrogen (secondary N) is 1. The van der Waals surface area contributed by atoms with E-state index in [0.29, 0.717) is 0 Å². The molecule has 0 amide bonds. The number of hydrogen-bond donors (Lipinski definition) is 1. The van der Waals surface area contributed by atoms with Crippen LogP contribution in [0.25, 0.3) is 10.8 Å². The summed E-state index contributed by atoms with van der Waals surface area (Å²) in [4.78, 5) is 8.47. The van der Waals surface area contributed by atoms with Gasteiger partial charge in [0.15, 0.2) is 0 Å². The summed E-state index contributed by atoms with van der Waals surface area (Å²) in [5.41, 5.74) is 3.38. The molecule has 3 heteroatoms. The molecule has 3 aromatic rings. The van der Waals surface area contributed by atoms with Crippen LogP contribution in [0.4, 0.5) is 5.69 Å². The number of benzene rings is 1. The monoisotopic (exact) mass is 249 g/mol. The average Bonchev–Trinajstić information content (AvgIpc) is 2.45. The van der Waals surface area contributed by atoms with Crippen molar-refractivity contribution in [1.29, 1.82) is 0 Å². The number of hydrogen-bond acceptors (Lipinski definition) is 3. The van der Waals surface area contributed by atoms with Crippen LogP contribution in [0.3, 0.4) is 0 Å². The Morgan fingerprint density at radius 1 is 1.00 bits per heavy atom. The number of pyridine rings is 2. The lowest BCUT2D eigenvalue weighted by atomic mass is 10.1. The maximum Gasteiger partial charge on any atom is 0.0532 e. The molecule has 0 atom stereocenters. The minimum atomic E-state index is 0.749. The summed E-state index contributed by atoms with van der Waals surface area (Å²) in [6, 6.07) is 10.4. The predicted molar refractivity (Wildman–Crippen MR) is 78.0 cm³/mol. The Kier molecular flexibility index (Phi) is 3.11. The first-order chi connectivity index (χ1) is 9.33. The van der Waals surface area contributed by atoms with E-state index >= 15 is 0 Å².